The third-order valence-corrected chi connectivity index (χ3v) is 6.51. The number of piperazine rings is 1. The Morgan fingerprint density at radius 2 is 1.72 bits per heavy atom. The first-order chi connectivity index (χ1) is 15.7. The molecule has 0 radical (unpaired) electrons. The largest absolute Gasteiger partial charge is 0.497 e. The highest BCUT2D eigenvalue weighted by molar-refractivity contribution is 5.95. The topological polar surface area (TPSA) is 49.9 Å². The van der Waals surface area contributed by atoms with Crippen molar-refractivity contribution in [2.75, 3.05) is 26.7 Å². The molecule has 0 aromatic heterocycles. The molecule has 2 aromatic carbocycles. The van der Waals surface area contributed by atoms with Crippen molar-refractivity contribution >= 4 is 11.8 Å². The number of rotatable bonds is 8. The van der Waals surface area contributed by atoms with E-state index in [1.54, 1.807) is 16.9 Å². The molecule has 2 aromatic rings. The minimum atomic E-state index is -0.581. The molecule has 0 spiro atoms. The maximum atomic E-state index is 13.6. The molecule has 2 amide bonds. The van der Waals surface area contributed by atoms with E-state index in [9.17, 15) is 9.59 Å². The minimum Gasteiger partial charge on any atom is -0.497 e. The normalized spacial score (nSPS) is 19.2. The van der Waals surface area contributed by atoms with Crippen LogP contribution in [0.2, 0.25) is 0 Å². The molecule has 4 rings (SSSR count). The van der Waals surface area contributed by atoms with Crippen LogP contribution in [0.1, 0.15) is 49.3 Å². The van der Waals surface area contributed by atoms with Crippen molar-refractivity contribution in [2.45, 2.75) is 44.6 Å². The van der Waals surface area contributed by atoms with Crippen molar-refractivity contribution in [1.29, 1.82) is 0 Å². The lowest BCUT2D eigenvalue weighted by molar-refractivity contribution is -0.156. The first-order valence-corrected chi connectivity index (χ1v) is 11.6. The number of nitrogens with zero attached hydrogens (tertiary/aromatic N) is 2. The highest BCUT2D eigenvalue weighted by atomic mass is 16.5. The van der Waals surface area contributed by atoms with Gasteiger partial charge in [0.15, 0.2) is 0 Å². The van der Waals surface area contributed by atoms with Crippen LogP contribution in [0.4, 0.5) is 0 Å². The van der Waals surface area contributed by atoms with E-state index in [2.05, 4.69) is 18.2 Å². The van der Waals surface area contributed by atoms with Crippen LogP contribution < -0.4 is 4.74 Å². The van der Waals surface area contributed by atoms with Gasteiger partial charge in [0.2, 0.25) is 11.8 Å². The molecule has 1 heterocycles. The van der Waals surface area contributed by atoms with Crippen molar-refractivity contribution in [3.63, 3.8) is 0 Å². The van der Waals surface area contributed by atoms with Gasteiger partial charge in [-0.25, -0.2) is 0 Å². The first-order valence-electron chi connectivity index (χ1n) is 11.6. The van der Waals surface area contributed by atoms with Gasteiger partial charge >= 0.3 is 0 Å². The lowest BCUT2D eigenvalue weighted by Gasteiger charge is -2.41. The summed E-state index contributed by atoms with van der Waals surface area (Å²) in [5.41, 5.74) is 3.42. The van der Waals surface area contributed by atoms with Gasteiger partial charge in [-0.15, -0.1) is 0 Å². The van der Waals surface area contributed by atoms with E-state index in [1.165, 1.54) is 24.0 Å². The van der Waals surface area contributed by atoms with E-state index >= 15 is 0 Å². The summed E-state index contributed by atoms with van der Waals surface area (Å²) in [7, 11) is 1.62. The summed E-state index contributed by atoms with van der Waals surface area (Å²) in [6.45, 7) is 1.28. The second kappa shape index (κ2) is 10.5. The number of allylic oxidation sites excluding steroid dienone is 1. The van der Waals surface area contributed by atoms with Gasteiger partial charge in [0, 0.05) is 13.1 Å². The Morgan fingerprint density at radius 3 is 2.41 bits per heavy atom. The van der Waals surface area contributed by atoms with Crippen LogP contribution in [0.25, 0.3) is 0 Å². The predicted octanol–water partition coefficient (Wildman–Crippen LogP) is 4.54. The minimum absolute atomic E-state index is 0.00308. The molecule has 1 saturated heterocycles. The second-order valence-corrected chi connectivity index (χ2v) is 8.62. The molecule has 5 nitrogen and oxygen atoms in total. The molecule has 0 bridgehead atoms. The third kappa shape index (κ3) is 5.21. The number of hydrogen-bond acceptors (Lipinski definition) is 3. The Labute approximate surface area is 190 Å². The zero-order valence-corrected chi connectivity index (χ0v) is 18.8. The molecule has 0 unspecified atom stereocenters. The molecular weight excluding hydrogens is 400 g/mol. The fraction of sp³-hybridized carbons (Fsp3) is 0.407. The maximum Gasteiger partial charge on any atom is 0.250 e. The van der Waals surface area contributed by atoms with Gasteiger partial charge in [-0.3, -0.25) is 9.59 Å². The standard InChI is InChI=1S/C27H32N2O3/c1-32-24-14-12-23(13-15-24)26-27(31)28(18-16-21-8-4-2-5-9-21)20-25(30)29(26)19-17-22-10-6-3-7-11-22/h2,4-5,8-10,12-15,26H,3,6-7,11,16-20H2,1H3/t26-/m1/s1. The Bertz CT molecular complexity index is 953. The number of carbonyl (C=O) groups is 2. The van der Waals surface area contributed by atoms with Gasteiger partial charge < -0.3 is 14.5 Å². The van der Waals surface area contributed by atoms with Crippen molar-refractivity contribution in [3.8, 4) is 5.75 Å². The fourth-order valence-corrected chi connectivity index (χ4v) is 4.64. The van der Waals surface area contributed by atoms with Crippen molar-refractivity contribution < 1.29 is 14.3 Å². The molecule has 1 atom stereocenters. The highest BCUT2D eigenvalue weighted by Gasteiger charge is 2.39. The molecule has 1 aliphatic carbocycles. The lowest BCUT2D eigenvalue weighted by Crippen LogP contribution is -2.56. The van der Waals surface area contributed by atoms with E-state index in [4.69, 9.17) is 4.74 Å². The van der Waals surface area contributed by atoms with Crippen LogP contribution in [-0.2, 0) is 16.0 Å². The molecule has 5 heteroatoms. The SMILES string of the molecule is COc1ccc([C@@H]2C(=O)N(CCc3ccccc3)CC(=O)N2CCC2=CCCCC2)cc1. The third-order valence-electron chi connectivity index (χ3n) is 6.51. The monoisotopic (exact) mass is 432 g/mol. The molecule has 168 valence electrons. The molecule has 2 aliphatic rings. The molecule has 1 fully saturated rings. The lowest BCUT2D eigenvalue weighted by atomic mass is 9.95. The van der Waals surface area contributed by atoms with Gasteiger partial charge in [-0.1, -0.05) is 54.1 Å². The van der Waals surface area contributed by atoms with Crippen molar-refractivity contribution in [1.82, 2.24) is 9.80 Å². The average molecular weight is 433 g/mol. The van der Waals surface area contributed by atoms with E-state index in [0.29, 0.717) is 13.1 Å². The summed E-state index contributed by atoms with van der Waals surface area (Å²) in [6, 6.07) is 17.0. The summed E-state index contributed by atoms with van der Waals surface area (Å²) in [5.74, 6) is 0.765. The second-order valence-electron chi connectivity index (χ2n) is 8.62. The fourth-order valence-electron chi connectivity index (χ4n) is 4.64. The van der Waals surface area contributed by atoms with Crippen LogP contribution in [0.15, 0.2) is 66.2 Å². The zero-order valence-electron chi connectivity index (χ0n) is 18.8. The van der Waals surface area contributed by atoms with Crippen LogP contribution in [0.3, 0.4) is 0 Å². The Balaban J connectivity index is 1.53. The van der Waals surface area contributed by atoms with Crippen molar-refractivity contribution in [3.05, 3.63) is 77.4 Å². The first kappa shape index (κ1) is 22.1. The summed E-state index contributed by atoms with van der Waals surface area (Å²) in [6.07, 6.45) is 8.58. The van der Waals surface area contributed by atoms with E-state index in [-0.39, 0.29) is 18.4 Å². The van der Waals surface area contributed by atoms with E-state index in [0.717, 1.165) is 37.0 Å². The molecule has 0 N–H and O–H groups in total. The number of amides is 2. The number of hydrogen-bond donors (Lipinski definition) is 0. The van der Waals surface area contributed by atoms with Crippen LogP contribution in [-0.4, -0.2) is 48.4 Å². The number of methoxy groups -OCH3 is 1. The highest BCUT2D eigenvalue weighted by Crippen LogP contribution is 2.30. The Morgan fingerprint density at radius 1 is 0.938 bits per heavy atom. The summed E-state index contributed by atoms with van der Waals surface area (Å²) in [5, 5.41) is 0. The number of ether oxygens (including phenoxy) is 1. The van der Waals surface area contributed by atoms with Crippen LogP contribution in [0.5, 0.6) is 5.75 Å². The van der Waals surface area contributed by atoms with E-state index < -0.39 is 6.04 Å². The summed E-state index contributed by atoms with van der Waals surface area (Å²) >= 11 is 0. The van der Waals surface area contributed by atoms with Gasteiger partial charge in [-0.05, 0) is 61.8 Å². The molecular formula is C27H32N2O3. The van der Waals surface area contributed by atoms with Gasteiger partial charge in [0.05, 0.1) is 13.7 Å². The predicted molar refractivity (Wildman–Crippen MR) is 125 cm³/mol. The molecule has 32 heavy (non-hydrogen) atoms. The van der Waals surface area contributed by atoms with Crippen LogP contribution in [0, 0.1) is 0 Å². The molecule has 0 saturated carbocycles. The zero-order chi connectivity index (χ0) is 22.3. The number of benzene rings is 2. The smallest absolute Gasteiger partial charge is 0.250 e. The van der Waals surface area contributed by atoms with E-state index in [1.807, 2.05) is 42.5 Å². The Hall–Kier alpha value is -3.08. The quantitative estimate of drug-likeness (QED) is 0.576. The van der Waals surface area contributed by atoms with Gasteiger partial charge in [0.25, 0.3) is 0 Å². The Kier molecular flexibility index (Phi) is 7.25. The number of carbonyl (C=O) groups excluding carboxylic acids is 2. The molecule has 1 aliphatic heterocycles. The average Bonchev–Trinajstić information content (AvgIpc) is 2.84. The van der Waals surface area contributed by atoms with Crippen molar-refractivity contribution in [2.24, 2.45) is 0 Å². The van der Waals surface area contributed by atoms with Crippen LogP contribution >= 0.6 is 0 Å². The summed E-state index contributed by atoms with van der Waals surface area (Å²) < 4.78 is 5.28. The van der Waals surface area contributed by atoms with Gasteiger partial charge in [-0.2, -0.15) is 0 Å². The van der Waals surface area contributed by atoms with Gasteiger partial charge in [0.1, 0.15) is 11.8 Å². The maximum absolute atomic E-state index is 13.6. The summed E-state index contributed by atoms with van der Waals surface area (Å²) in [4.78, 5) is 30.3.